The van der Waals surface area contributed by atoms with Gasteiger partial charge in [-0.1, -0.05) is 0 Å². The van der Waals surface area contributed by atoms with E-state index < -0.39 is 25.2 Å². The van der Waals surface area contributed by atoms with E-state index in [1.54, 1.807) is 19.9 Å². The highest BCUT2D eigenvalue weighted by molar-refractivity contribution is 7.14. The lowest BCUT2D eigenvalue weighted by Crippen LogP contribution is -2.40. The van der Waals surface area contributed by atoms with Crippen LogP contribution in [0.25, 0.3) is 0 Å². The number of aliphatic hydroxyl groups is 1. The number of hydrogen-bond donors (Lipinski definition) is 1. The number of carbonyl (C=O) groups excluding carboxylic acids is 1. The van der Waals surface area contributed by atoms with Gasteiger partial charge in [0.1, 0.15) is 6.54 Å². The molecule has 102 valence electrons. The molecule has 1 aromatic heterocycles. The molecule has 0 aliphatic rings. The first kappa shape index (κ1) is 15.0. The maximum absolute atomic E-state index is 12.3. The summed E-state index contributed by atoms with van der Waals surface area (Å²) in [7, 11) is 0. The van der Waals surface area contributed by atoms with Gasteiger partial charge in [0.05, 0.1) is 11.5 Å². The number of carbonyl (C=O) groups is 1. The molecule has 0 saturated carbocycles. The van der Waals surface area contributed by atoms with Crippen molar-refractivity contribution in [3.63, 3.8) is 0 Å². The Morgan fingerprint density at radius 3 is 2.44 bits per heavy atom. The normalized spacial score (nSPS) is 11.7. The lowest BCUT2D eigenvalue weighted by molar-refractivity contribution is -0.141. The molecule has 0 spiro atoms. The van der Waals surface area contributed by atoms with Crippen LogP contribution in [-0.4, -0.2) is 41.8 Å². The third kappa shape index (κ3) is 3.99. The van der Waals surface area contributed by atoms with Crippen molar-refractivity contribution in [1.82, 2.24) is 4.90 Å². The number of nitrogens with zero attached hydrogens (tertiary/aromatic N) is 1. The summed E-state index contributed by atoms with van der Waals surface area (Å²) in [5, 5.41) is 8.73. The molecule has 1 N–H and O–H groups in total. The van der Waals surface area contributed by atoms with Gasteiger partial charge in [-0.25, -0.2) is 0 Å². The smallest absolute Gasteiger partial charge is 0.395 e. The van der Waals surface area contributed by atoms with Crippen molar-refractivity contribution in [2.24, 2.45) is 0 Å². The molecule has 0 fully saturated rings. The number of amides is 1. The van der Waals surface area contributed by atoms with Gasteiger partial charge in [-0.05, 0) is 25.5 Å². The molecular weight excluding hydrogens is 267 g/mol. The molecule has 1 aromatic rings. The Morgan fingerprint density at radius 1 is 1.44 bits per heavy atom. The van der Waals surface area contributed by atoms with Crippen LogP contribution in [-0.2, 0) is 0 Å². The summed E-state index contributed by atoms with van der Waals surface area (Å²) in [5.41, 5.74) is 0.874. The Morgan fingerprint density at radius 2 is 2.06 bits per heavy atom. The molecule has 0 aliphatic carbocycles. The maximum Gasteiger partial charge on any atom is 0.406 e. The lowest BCUT2D eigenvalue weighted by atomic mass is 10.2. The van der Waals surface area contributed by atoms with Crippen LogP contribution >= 0.6 is 11.3 Å². The van der Waals surface area contributed by atoms with Crippen molar-refractivity contribution >= 4 is 17.2 Å². The van der Waals surface area contributed by atoms with E-state index in [2.05, 4.69) is 0 Å². The second-order valence-electron chi connectivity index (χ2n) is 3.92. The average molecular weight is 281 g/mol. The van der Waals surface area contributed by atoms with Gasteiger partial charge in [0, 0.05) is 11.4 Å². The zero-order valence-corrected chi connectivity index (χ0v) is 10.9. The van der Waals surface area contributed by atoms with Crippen molar-refractivity contribution in [3.8, 4) is 0 Å². The molecule has 0 radical (unpaired) electrons. The number of halogens is 3. The van der Waals surface area contributed by atoms with E-state index in [9.17, 15) is 18.0 Å². The summed E-state index contributed by atoms with van der Waals surface area (Å²) < 4.78 is 37.0. The first-order valence-corrected chi connectivity index (χ1v) is 6.10. The Bertz CT molecular complexity index is 409. The van der Waals surface area contributed by atoms with Gasteiger partial charge < -0.3 is 10.0 Å². The van der Waals surface area contributed by atoms with Gasteiger partial charge in [-0.2, -0.15) is 13.2 Å². The van der Waals surface area contributed by atoms with Gasteiger partial charge in [0.25, 0.3) is 5.91 Å². The first-order chi connectivity index (χ1) is 8.24. The van der Waals surface area contributed by atoms with Crippen LogP contribution < -0.4 is 0 Å². The van der Waals surface area contributed by atoms with Crippen molar-refractivity contribution < 1.29 is 23.1 Å². The number of rotatable bonds is 4. The molecule has 18 heavy (non-hydrogen) atoms. The van der Waals surface area contributed by atoms with Crippen LogP contribution in [0.1, 0.15) is 20.1 Å². The van der Waals surface area contributed by atoms with Crippen molar-refractivity contribution in [2.45, 2.75) is 20.0 Å². The molecule has 3 nitrogen and oxygen atoms in total. The van der Waals surface area contributed by atoms with Crippen molar-refractivity contribution in [3.05, 3.63) is 21.4 Å². The van der Waals surface area contributed by atoms with E-state index in [1.807, 2.05) is 0 Å². The minimum atomic E-state index is -4.47. The fourth-order valence-corrected chi connectivity index (χ4v) is 2.43. The molecule has 1 heterocycles. The molecular formula is C11H14F3NO2S. The van der Waals surface area contributed by atoms with Gasteiger partial charge in [0.2, 0.25) is 0 Å². The van der Waals surface area contributed by atoms with Crippen LogP contribution in [0.3, 0.4) is 0 Å². The zero-order valence-electron chi connectivity index (χ0n) is 10.0. The minimum absolute atomic E-state index is 0.266. The number of alkyl halides is 3. The van der Waals surface area contributed by atoms with Gasteiger partial charge >= 0.3 is 6.18 Å². The third-order valence-corrected chi connectivity index (χ3v) is 3.54. The van der Waals surface area contributed by atoms with Crippen LogP contribution in [0.4, 0.5) is 13.2 Å². The summed E-state index contributed by atoms with van der Waals surface area (Å²) in [6, 6.07) is 1.57. The minimum Gasteiger partial charge on any atom is -0.395 e. The second-order valence-corrected chi connectivity index (χ2v) is 5.17. The summed E-state index contributed by atoms with van der Waals surface area (Å²) in [5.74, 6) is -0.692. The summed E-state index contributed by atoms with van der Waals surface area (Å²) in [6.07, 6.45) is -4.47. The van der Waals surface area contributed by atoms with Crippen molar-refractivity contribution in [1.29, 1.82) is 0 Å². The monoisotopic (exact) mass is 281 g/mol. The Kier molecular flexibility index (Phi) is 4.75. The van der Waals surface area contributed by atoms with Crippen molar-refractivity contribution in [2.75, 3.05) is 19.7 Å². The van der Waals surface area contributed by atoms with Crippen LogP contribution in [0, 0.1) is 13.8 Å². The number of aliphatic hydroxyl groups excluding tert-OH is 1. The summed E-state index contributed by atoms with van der Waals surface area (Å²) in [4.78, 5) is 13.7. The van der Waals surface area contributed by atoms with Gasteiger partial charge in [-0.15, -0.1) is 11.3 Å². The number of thiophene rings is 1. The molecule has 1 amide bonds. The number of aryl methyl sites for hydroxylation is 2. The molecule has 7 heteroatoms. The highest BCUT2D eigenvalue weighted by Crippen LogP contribution is 2.24. The zero-order chi connectivity index (χ0) is 13.9. The fourth-order valence-electron chi connectivity index (χ4n) is 1.42. The molecule has 0 aliphatic heterocycles. The maximum atomic E-state index is 12.3. The topological polar surface area (TPSA) is 40.5 Å². The summed E-state index contributed by atoms with van der Waals surface area (Å²) in [6.45, 7) is 1.43. The predicted molar refractivity (Wildman–Crippen MR) is 62.8 cm³/mol. The van der Waals surface area contributed by atoms with E-state index >= 15 is 0 Å². The average Bonchev–Trinajstić information content (AvgIpc) is 2.56. The highest BCUT2D eigenvalue weighted by atomic mass is 32.1. The Hall–Kier alpha value is -1.08. The first-order valence-electron chi connectivity index (χ1n) is 5.28. The van der Waals surface area contributed by atoms with E-state index in [-0.39, 0.29) is 11.4 Å². The quantitative estimate of drug-likeness (QED) is 0.920. The van der Waals surface area contributed by atoms with E-state index in [0.717, 1.165) is 21.8 Å². The van der Waals surface area contributed by atoms with E-state index in [1.165, 1.54) is 0 Å². The van der Waals surface area contributed by atoms with Crippen LogP contribution in [0.15, 0.2) is 6.07 Å². The SMILES string of the molecule is Cc1cc(C(=O)N(CCO)CC(F)(F)F)sc1C. The highest BCUT2D eigenvalue weighted by Gasteiger charge is 2.33. The second kappa shape index (κ2) is 5.71. The summed E-state index contributed by atoms with van der Waals surface area (Å²) >= 11 is 1.16. The molecule has 0 bridgehead atoms. The lowest BCUT2D eigenvalue weighted by Gasteiger charge is -2.22. The molecule has 0 aromatic carbocycles. The van der Waals surface area contributed by atoms with Crippen LogP contribution in [0.5, 0.6) is 0 Å². The number of hydrogen-bond acceptors (Lipinski definition) is 3. The van der Waals surface area contributed by atoms with Crippen LogP contribution in [0.2, 0.25) is 0 Å². The molecule has 0 atom stereocenters. The van der Waals surface area contributed by atoms with Gasteiger partial charge in [0.15, 0.2) is 0 Å². The fraction of sp³-hybridized carbons (Fsp3) is 0.545. The molecule has 1 rings (SSSR count). The van der Waals surface area contributed by atoms with E-state index in [4.69, 9.17) is 5.11 Å². The Labute approximate surface area is 107 Å². The molecule has 0 unspecified atom stereocenters. The molecule has 0 saturated heterocycles. The van der Waals surface area contributed by atoms with E-state index in [0.29, 0.717) is 4.90 Å². The predicted octanol–water partition coefficient (Wildman–Crippen LogP) is 2.36. The third-order valence-electron chi connectivity index (χ3n) is 2.40. The largest absolute Gasteiger partial charge is 0.406 e. The Balaban J connectivity index is 2.88. The standard InChI is InChI=1S/C11H14F3NO2S/c1-7-5-9(18-8(7)2)10(17)15(3-4-16)6-11(12,13)14/h5,16H,3-4,6H2,1-2H3. The van der Waals surface area contributed by atoms with Gasteiger partial charge in [-0.3, -0.25) is 4.79 Å².